The molecule has 144 valence electrons. The van der Waals surface area contributed by atoms with Gasteiger partial charge in [-0.2, -0.15) is 18.3 Å². The van der Waals surface area contributed by atoms with E-state index in [1.807, 2.05) is 11.9 Å². The Morgan fingerprint density at radius 2 is 1.88 bits per heavy atom. The van der Waals surface area contributed by atoms with Gasteiger partial charge in [-0.15, -0.1) is 0 Å². The van der Waals surface area contributed by atoms with Gasteiger partial charge in [-0.3, -0.25) is 10.0 Å². The Hall–Kier alpha value is -1.53. The maximum Gasteiger partial charge on any atom is 0.449 e. The molecule has 2 aliphatic carbocycles. The first kappa shape index (κ1) is 17.9. The third kappa shape index (κ3) is 3.14. The van der Waals surface area contributed by atoms with Crippen molar-refractivity contribution in [3.05, 3.63) is 11.6 Å². The van der Waals surface area contributed by atoms with Gasteiger partial charge in [0.25, 0.3) is 0 Å². The average Bonchev–Trinajstić information content (AvgIpc) is 3.15. The fourth-order valence-corrected chi connectivity index (χ4v) is 4.93. The Morgan fingerprint density at radius 3 is 2.58 bits per heavy atom. The van der Waals surface area contributed by atoms with E-state index in [4.69, 9.17) is 0 Å². The minimum atomic E-state index is -4.40. The number of rotatable bonds is 2. The topological polar surface area (TPSA) is 31.2 Å². The van der Waals surface area contributed by atoms with Crippen LogP contribution in [-0.2, 0) is 0 Å². The van der Waals surface area contributed by atoms with Gasteiger partial charge in [0, 0.05) is 12.1 Å². The molecule has 4 atom stereocenters. The molecule has 4 aliphatic rings. The summed E-state index contributed by atoms with van der Waals surface area (Å²) in [6, 6.07) is -0.162. The number of fused-ring (bicyclic) bond motifs is 1. The van der Waals surface area contributed by atoms with Crippen LogP contribution in [0.5, 0.6) is 0 Å². The number of hydrazone groups is 1. The van der Waals surface area contributed by atoms with Crippen molar-refractivity contribution in [2.45, 2.75) is 95.7 Å². The van der Waals surface area contributed by atoms with Crippen molar-refractivity contribution in [2.24, 2.45) is 10.1 Å². The van der Waals surface area contributed by atoms with E-state index in [1.54, 1.807) is 4.90 Å². The van der Waals surface area contributed by atoms with Gasteiger partial charge in [0.15, 0.2) is 0 Å². The molecule has 0 aromatic rings. The number of aliphatic imine (C=N–C) groups is 1. The van der Waals surface area contributed by atoms with Crippen LogP contribution >= 0.6 is 0 Å². The van der Waals surface area contributed by atoms with Crippen LogP contribution in [0.25, 0.3) is 0 Å². The molecule has 7 heteroatoms. The third-order valence-electron chi connectivity index (χ3n) is 6.21. The van der Waals surface area contributed by atoms with Crippen molar-refractivity contribution >= 4 is 11.5 Å². The molecule has 0 radical (unpaired) electrons. The van der Waals surface area contributed by atoms with Crippen molar-refractivity contribution in [3.8, 4) is 0 Å². The van der Waals surface area contributed by atoms with E-state index >= 15 is 0 Å². The predicted molar refractivity (Wildman–Crippen MR) is 96.1 cm³/mol. The predicted octanol–water partition coefficient (Wildman–Crippen LogP) is 4.48. The lowest BCUT2D eigenvalue weighted by atomic mass is 9.90. The molecule has 0 amide bonds. The molecule has 0 spiro atoms. The number of amidine groups is 1. The van der Waals surface area contributed by atoms with E-state index < -0.39 is 12.0 Å². The van der Waals surface area contributed by atoms with Crippen molar-refractivity contribution in [1.82, 2.24) is 9.91 Å². The summed E-state index contributed by atoms with van der Waals surface area (Å²) >= 11 is 0. The Kier molecular flexibility index (Phi) is 4.51. The quantitative estimate of drug-likeness (QED) is 0.673. The summed E-state index contributed by atoms with van der Waals surface area (Å²) in [6.07, 6.45) is 4.35. The highest BCUT2D eigenvalue weighted by Crippen LogP contribution is 2.40. The van der Waals surface area contributed by atoms with Gasteiger partial charge in [-0.1, -0.05) is 24.5 Å². The smallest absolute Gasteiger partial charge is 0.325 e. The zero-order valence-electron chi connectivity index (χ0n) is 15.5. The van der Waals surface area contributed by atoms with Crippen LogP contribution in [0.4, 0.5) is 13.2 Å². The van der Waals surface area contributed by atoms with Gasteiger partial charge in [0.05, 0.1) is 18.1 Å². The van der Waals surface area contributed by atoms with Crippen LogP contribution in [0.3, 0.4) is 0 Å². The lowest BCUT2D eigenvalue weighted by Crippen LogP contribution is -2.57. The first-order chi connectivity index (χ1) is 12.3. The number of hydrogen-bond acceptors (Lipinski definition) is 4. The Morgan fingerprint density at radius 1 is 1.12 bits per heavy atom. The molecule has 4 rings (SSSR count). The summed E-state index contributed by atoms with van der Waals surface area (Å²) in [5.41, 5.74) is 2.28. The Labute approximate surface area is 152 Å². The molecule has 2 heterocycles. The molecular weight excluding hydrogens is 341 g/mol. The lowest BCUT2D eigenvalue weighted by molar-refractivity contribution is -0.0775. The monoisotopic (exact) mass is 368 g/mol. The van der Waals surface area contributed by atoms with Crippen LogP contribution in [0.15, 0.2) is 21.7 Å². The van der Waals surface area contributed by atoms with Crippen LogP contribution < -0.4 is 0 Å². The summed E-state index contributed by atoms with van der Waals surface area (Å²) in [6.45, 7) is 4.05. The van der Waals surface area contributed by atoms with Crippen molar-refractivity contribution in [1.29, 1.82) is 0 Å². The number of halogens is 3. The van der Waals surface area contributed by atoms with E-state index in [2.05, 4.69) is 23.1 Å². The summed E-state index contributed by atoms with van der Waals surface area (Å²) < 4.78 is 41.4. The van der Waals surface area contributed by atoms with E-state index in [-0.39, 0.29) is 24.3 Å². The minimum absolute atomic E-state index is 0.130. The van der Waals surface area contributed by atoms with Gasteiger partial charge in [0.2, 0.25) is 5.84 Å². The third-order valence-corrected chi connectivity index (χ3v) is 6.21. The van der Waals surface area contributed by atoms with Gasteiger partial charge in [-0.25, -0.2) is 0 Å². The fraction of sp³-hybridized carbons (Fsp3) is 0.789. The molecule has 4 nitrogen and oxygen atoms in total. The van der Waals surface area contributed by atoms with Gasteiger partial charge >= 0.3 is 6.18 Å². The molecule has 0 saturated heterocycles. The first-order valence-electron chi connectivity index (χ1n) is 9.76. The van der Waals surface area contributed by atoms with Crippen LogP contribution in [-0.4, -0.2) is 51.9 Å². The molecule has 1 fully saturated rings. The number of hydrogen-bond donors (Lipinski definition) is 0. The molecule has 26 heavy (non-hydrogen) atoms. The summed E-state index contributed by atoms with van der Waals surface area (Å²) in [5.74, 6) is -0.670. The van der Waals surface area contributed by atoms with Gasteiger partial charge in [0.1, 0.15) is 6.17 Å². The highest BCUT2D eigenvalue weighted by molar-refractivity contribution is 5.91. The van der Waals surface area contributed by atoms with Crippen molar-refractivity contribution in [3.63, 3.8) is 0 Å². The maximum absolute atomic E-state index is 13.8. The molecule has 2 aliphatic heterocycles. The maximum atomic E-state index is 13.8. The highest BCUT2D eigenvalue weighted by Gasteiger charge is 2.53. The second-order valence-electron chi connectivity index (χ2n) is 8.16. The SMILES string of the molecule is CC1=CCC(N2N=C(C)CC2N2C(C(F)(F)F)=NC3CCCCC32)CC1. The Bertz CT molecular complexity index is 652. The van der Waals surface area contributed by atoms with E-state index in [9.17, 15) is 13.2 Å². The molecule has 0 aromatic heterocycles. The molecular formula is C19H27F3N4. The molecule has 4 unspecified atom stereocenters. The minimum Gasteiger partial charge on any atom is -0.325 e. The van der Waals surface area contributed by atoms with E-state index in [0.29, 0.717) is 6.42 Å². The second-order valence-corrected chi connectivity index (χ2v) is 8.16. The first-order valence-corrected chi connectivity index (χ1v) is 9.76. The molecule has 0 aromatic carbocycles. The number of alkyl halides is 3. The largest absolute Gasteiger partial charge is 0.449 e. The Balaban J connectivity index is 1.64. The second kappa shape index (κ2) is 6.57. The van der Waals surface area contributed by atoms with E-state index in [1.165, 1.54) is 5.57 Å². The molecule has 0 bridgehead atoms. The summed E-state index contributed by atoms with van der Waals surface area (Å²) in [5, 5.41) is 6.64. The number of allylic oxidation sites excluding steroid dienone is 1. The lowest BCUT2D eigenvalue weighted by Gasteiger charge is -2.43. The average molecular weight is 368 g/mol. The fourth-order valence-electron chi connectivity index (χ4n) is 4.93. The number of nitrogens with zero attached hydrogens (tertiary/aromatic N) is 4. The summed E-state index contributed by atoms with van der Waals surface area (Å²) in [7, 11) is 0. The van der Waals surface area contributed by atoms with Gasteiger partial charge < -0.3 is 4.90 Å². The summed E-state index contributed by atoms with van der Waals surface area (Å²) in [4.78, 5) is 5.74. The van der Waals surface area contributed by atoms with Crippen LogP contribution in [0.2, 0.25) is 0 Å². The standard InChI is InChI=1S/C19H27F3N4/c1-12-7-9-14(10-8-12)26-17(11-13(2)24-26)25-16-6-4-3-5-15(16)23-18(25)19(20,21)22/h7,14-17H,3-6,8-11H2,1-2H3. The van der Waals surface area contributed by atoms with Crippen LogP contribution in [0, 0.1) is 0 Å². The zero-order chi connectivity index (χ0) is 18.5. The van der Waals surface area contributed by atoms with Crippen LogP contribution in [0.1, 0.15) is 65.2 Å². The normalized spacial score (nSPS) is 35.2. The highest BCUT2D eigenvalue weighted by atomic mass is 19.4. The van der Waals surface area contributed by atoms with E-state index in [0.717, 1.165) is 50.7 Å². The van der Waals surface area contributed by atoms with Crippen molar-refractivity contribution < 1.29 is 13.2 Å². The molecule has 0 N–H and O–H groups in total. The van der Waals surface area contributed by atoms with Crippen molar-refractivity contribution in [2.75, 3.05) is 0 Å². The molecule has 1 saturated carbocycles. The van der Waals surface area contributed by atoms with Gasteiger partial charge in [-0.05, 0) is 46.0 Å². The zero-order valence-corrected chi connectivity index (χ0v) is 15.5.